The zero-order valence-corrected chi connectivity index (χ0v) is 32.6. The normalized spacial score (nSPS) is 9.91. The lowest BCUT2D eigenvalue weighted by Gasteiger charge is -2.11. The van der Waals surface area contributed by atoms with E-state index < -0.39 is 60.8 Å². The maximum absolute atomic E-state index is 12.6. The summed E-state index contributed by atoms with van der Waals surface area (Å²) in [5.74, 6) is -10.8. The Labute approximate surface area is 314 Å². The minimum atomic E-state index is -1.35. The summed E-state index contributed by atoms with van der Waals surface area (Å²) in [5, 5.41) is 0. The van der Waals surface area contributed by atoms with E-state index in [1.165, 1.54) is 90.4 Å². The smallest absolute Gasteiger partial charge is 0.176 e. The Morgan fingerprint density at radius 1 is 0.413 bits per heavy atom. The highest BCUT2D eigenvalue weighted by Crippen LogP contribution is 2.27. The molecule has 0 aliphatic carbocycles. The molecule has 0 atom stereocenters. The molecule has 0 saturated heterocycles. The maximum atomic E-state index is 12.6. The Balaban J connectivity index is 0.000000307. The van der Waals surface area contributed by atoms with Crippen LogP contribution in [0.2, 0.25) is 0 Å². The number of nitrogens with zero attached hydrogens (tertiary/aromatic N) is 2. The molecule has 0 N–H and O–H groups in total. The molecule has 0 aliphatic rings. The predicted molar refractivity (Wildman–Crippen MR) is 196 cm³/mol. The predicted octanol–water partition coefficient (Wildman–Crippen LogP) is 10.0. The molecule has 0 heterocycles. The van der Waals surface area contributed by atoms with Crippen LogP contribution in [0.4, 0.5) is 46.5 Å². The molecule has 4 nitrogen and oxygen atoms in total. The average Bonchev–Trinajstić information content (AvgIpc) is 3.07. The van der Waals surface area contributed by atoms with Gasteiger partial charge in [-0.15, -0.1) is 0 Å². The number of hydrogen-bond donors (Lipinski definition) is 0. The summed E-state index contributed by atoms with van der Waals surface area (Å²) in [5.41, 5.74) is 3.65. The third-order valence-corrected chi connectivity index (χ3v) is 9.19. The van der Waals surface area contributed by atoms with E-state index in [2.05, 4.69) is 0 Å². The Morgan fingerprint density at radius 3 is 0.717 bits per heavy atom. The summed E-state index contributed by atoms with van der Waals surface area (Å²) in [6.07, 6.45) is 1.69. The Bertz CT molecular complexity index is 1320. The SMILES string of the molecule is CN(C)c1ccc(C=O)cc1.CN(C)c1ccc(C=O)cc1.Fc1c(F)c(I)c(F)c(F)c1I.Fc1c(F)c(I)c(F)c(F)c1I. The van der Waals surface area contributed by atoms with E-state index in [4.69, 9.17) is 0 Å². The molecule has 46 heavy (non-hydrogen) atoms. The topological polar surface area (TPSA) is 40.6 Å². The molecule has 4 aromatic rings. The fourth-order valence-electron chi connectivity index (χ4n) is 2.86. The highest BCUT2D eigenvalue weighted by molar-refractivity contribution is 14.1. The van der Waals surface area contributed by atoms with Crippen molar-refractivity contribution >= 4 is 114 Å². The molecule has 0 aliphatic heterocycles. The van der Waals surface area contributed by atoms with Crippen molar-refractivity contribution in [3.05, 3.63) is 120 Å². The second kappa shape index (κ2) is 19.9. The van der Waals surface area contributed by atoms with Crippen molar-refractivity contribution in [3.8, 4) is 0 Å². The molecule has 0 amide bonds. The minimum absolute atomic E-state index is 0.664. The van der Waals surface area contributed by atoms with E-state index in [0.717, 1.165) is 35.1 Å². The number of hydrogen-bond acceptors (Lipinski definition) is 4. The summed E-state index contributed by atoms with van der Waals surface area (Å²) in [6.45, 7) is 0. The maximum Gasteiger partial charge on any atom is 0.176 e. The molecule has 0 aromatic heterocycles. The van der Waals surface area contributed by atoms with Crippen LogP contribution in [0.15, 0.2) is 48.5 Å². The first kappa shape index (κ1) is 42.2. The van der Waals surface area contributed by atoms with Crippen molar-refractivity contribution in [1.82, 2.24) is 0 Å². The van der Waals surface area contributed by atoms with Gasteiger partial charge in [-0.05, 0) is 139 Å². The second-order valence-corrected chi connectivity index (χ2v) is 13.3. The zero-order chi connectivity index (χ0) is 35.5. The van der Waals surface area contributed by atoms with Crippen molar-refractivity contribution in [2.45, 2.75) is 0 Å². The van der Waals surface area contributed by atoms with E-state index in [1.807, 2.05) is 86.5 Å². The third-order valence-electron chi connectivity index (χ3n) is 5.40. The van der Waals surface area contributed by atoms with E-state index >= 15 is 0 Å². The van der Waals surface area contributed by atoms with Crippen molar-refractivity contribution in [2.24, 2.45) is 0 Å². The summed E-state index contributed by atoms with van der Waals surface area (Å²) >= 11 is 4.81. The first-order valence-corrected chi connectivity index (χ1v) is 16.5. The average molecular weight is 1100 g/mol. The van der Waals surface area contributed by atoms with Crippen LogP contribution in [-0.4, -0.2) is 40.8 Å². The molecule has 0 saturated carbocycles. The summed E-state index contributed by atoms with van der Waals surface area (Å²) in [4.78, 5) is 24.5. The van der Waals surface area contributed by atoms with E-state index in [0.29, 0.717) is 0 Å². The fraction of sp³-hybridized carbons (Fsp3) is 0.133. The zero-order valence-electron chi connectivity index (χ0n) is 24.0. The Hall–Kier alpha value is -1.82. The van der Waals surface area contributed by atoms with Crippen LogP contribution in [0.25, 0.3) is 0 Å². The van der Waals surface area contributed by atoms with Crippen molar-refractivity contribution in [3.63, 3.8) is 0 Å². The lowest BCUT2D eigenvalue weighted by Crippen LogP contribution is -2.08. The molecule has 0 spiro atoms. The van der Waals surface area contributed by atoms with Gasteiger partial charge in [-0.25, -0.2) is 35.1 Å². The quantitative estimate of drug-likeness (QED) is 0.0672. The monoisotopic (exact) mass is 1100 g/mol. The lowest BCUT2D eigenvalue weighted by molar-refractivity contribution is 0.111. The van der Waals surface area contributed by atoms with Gasteiger partial charge in [0.05, 0.1) is 14.3 Å². The standard InChI is InChI=1S/2C9H11NO.2C6F4I2/c2*1-10(2)9-5-3-8(7-11)4-6-9;2*7-1-2(8)6(12)4(10)3(9)5(1)11/h2*3-7H,1-2H3;;. The van der Waals surface area contributed by atoms with Crippen LogP contribution < -0.4 is 9.80 Å². The number of anilines is 2. The molecular weight excluding hydrogens is 1080 g/mol. The number of rotatable bonds is 4. The molecule has 0 radical (unpaired) electrons. The van der Waals surface area contributed by atoms with Crippen LogP contribution in [0.5, 0.6) is 0 Å². The van der Waals surface area contributed by atoms with Crippen molar-refractivity contribution in [2.75, 3.05) is 38.0 Å². The molecule has 4 aromatic carbocycles. The third kappa shape index (κ3) is 11.7. The Morgan fingerprint density at radius 2 is 0.587 bits per heavy atom. The number of benzene rings is 4. The number of carbonyl (C=O) groups is 2. The van der Waals surface area contributed by atoms with Gasteiger partial charge in [-0.3, -0.25) is 9.59 Å². The van der Waals surface area contributed by atoms with Crippen LogP contribution in [-0.2, 0) is 0 Å². The highest BCUT2D eigenvalue weighted by Gasteiger charge is 2.22. The van der Waals surface area contributed by atoms with Gasteiger partial charge in [-0.1, -0.05) is 0 Å². The van der Waals surface area contributed by atoms with Gasteiger partial charge in [0.2, 0.25) is 0 Å². The molecule has 16 heteroatoms. The molecule has 0 bridgehead atoms. The summed E-state index contributed by atoms with van der Waals surface area (Å²) in [7, 11) is 7.87. The number of carbonyl (C=O) groups excluding carboxylic acids is 2. The van der Waals surface area contributed by atoms with Gasteiger partial charge in [-0.2, -0.15) is 0 Å². The van der Waals surface area contributed by atoms with Gasteiger partial charge in [0.15, 0.2) is 46.5 Å². The first-order chi connectivity index (χ1) is 21.4. The number of aldehydes is 2. The number of halogens is 12. The fourth-order valence-corrected chi connectivity index (χ4v) is 4.75. The Kier molecular flexibility index (Phi) is 18.2. The van der Waals surface area contributed by atoms with Crippen LogP contribution in [0.3, 0.4) is 0 Å². The molecule has 248 valence electrons. The van der Waals surface area contributed by atoms with E-state index in [1.54, 1.807) is 0 Å². The summed E-state index contributed by atoms with van der Waals surface area (Å²) in [6, 6.07) is 14.9. The molecule has 0 fully saturated rings. The second-order valence-electron chi connectivity index (χ2n) is 8.98. The van der Waals surface area contributed by atoms with Crippen molar-refractivity contribution in [1.29, 1.82) is 0 Å². The first-order valence-electron chi connectivity index (χ1n) is 12.2. The molecular formula is C30H22F8I4N2O2. The van der Waals surface area contributed by atoms with Gasteiger partial charge >= 0.3 is 0 Å². The lowest BCUT2D eigenvalue weighted by atomic mass is 10.2. The van der Waals surface area contributed by atoms with E-state index in [9.17, 15) is 44.7 Å². The minimum Gasteiger partial charge on any atom is -0.378 e. The highest BCUT2D eigenvalue weighted by atomic mass is 127. The van der Waals surface area contributed by atoms with Gasteiger partial charge in [0.1, 0.15) is 12.6 Å². The van der Waals surface area contributed by atoms with Crippen LogP contribution in [0, 0.1) is 60.8 Å². The van der Waals surface area contributed by atoms with Crippen LogP contribution in [0.1, 0.15) is 20.7 Å². The largest absolute Gasteiger partial charge is 0.378 e. The van der Waals surface area contributed by atoms with Gasteiger partial charge in [0.25, 0.3) is 0 Å². The molecule has 0 unspecified atom stereocenters. The molecule has 4 rings (SSSR count). The van der Waals surface area contributed by atoms with Crippen molar-refractivity contribution < 1.29 is 44.7 Å². The van der Waals surface area contributed by atoms with Crippen LogP contribution >= 0.6 is 90.4 Å². The van der Waals surface area contributed by atoms with Gasteiger partial charge < -0.3 is 9.80 Å². The van der Waals surface area contributed by atoms with E-state index in [-0.39, 0.29) is 0 Å². The summed E-state index contributed by atoms with van der Waals surface area (Å²) < 4.78 is 98.5. The van der Waals surface area contributed by atoms with Gasteiger partial charge in [0, 0.05) is 50.7 Å².